The van der Waals surface area contributed by atoms with Crippen molar-refractivity contribution in [1.82, 2.24) is 5.32 Å². The third kappa shape index (κ3) is 4.29. The fourth-order valence-electron chi connectivity index (χ4n) is 2.29. The monoisotopic (exact) mass is 369 g/mol. The summed E-state index contributed by atoms with van der Waals surface area (Å²) in [4.78, 5) is 0. The molecule has 21 heavy (non-hydrogen) atoms. The summed E-state index contributed by atoms with van der Waals surface area (Å²) in [7, 11) is 0. The molecule has 1 nitrogen and oxygen atoms in total. The molecule has 0 bridgehead atoms. The molecule has 2 aromatic carbocycles. The van der Waals surface area contributed by atoms with Crippen molar-refractivity contribution in [2.75, 3.05) is 6.54 Å². The summed E-state index contributed by atoms with van der Waals surface area (Å²) in [5.41, 5.74) is 1.76. The minimum Gasteiger partial charge on any atom is -0.310 e. The molecule has 1 atom stereocenters. The Hall–Kier alpha value is -0.900. The summed E-state index contributed by atoms with van der Waals surface area (Å²) < 4.78 is 15.2. The van der Waals surface area contributed by atoms with Crippen LogP contribution in [0, 0.1) is 5.82 Å². The number of halogens is 3. The first kappa shape index (κ1) is 16.5. The van der Waals surface area contributed by atoms with E-state index in [1.807, 2.05) is 18.2 Å². The first-order chi connectivity index (χ1) is 10.1. The molecular weight excluding hydrogens is 353 g/mol. The largest absolute Gasteiger partial charge is 0.310 e. The van der Waals surface area contributed by atoms with E-state index in [-0.39, 0.29) is 16.9 Å². The molecule has 0 aromatic heterocycles. The molecule has 1 N–H and O–H groups in total. The van der Waals surface area contributed by atoms with E-state index in [1.54, 1.807) is 18.2 Å². The number of rotatable bonds is 6. The van der Waals surface area contributed by atoms with E-state index in [9.17, 15) is 4.39 Å². The fraction of sp³-hybridized carbons (Fsp3) is 0.294. The zero-order chi connectivity index (χ0) is 15.2. The molecule has 2 aromatic rings. The van der Waals surface area contributed by atoms with Gasteiger partial charge in [0.15, 0.2) is 0 Å². The topological polar surface area (TPSA) is 12.0 Å². The Balaban J connectivity index is 2.28. The number of nitrogens with one attached hydrogen (secondary N) is 1. The summed E-state index contributed by atoms with van der Waals surface area (Å²) in [5.74, 6) is -0.325. The molecular formula is C17H18BrClFN. The van der Waals surface area contributed by atoms with Gasteiger partial charge < -0.3 is 5.32 Å². The van der Waals surface area contributed by atoms with Gasteiger partial charge in [0.05, 0.1) is 5.02 Å². The SMILES string of the molecule is CCCNC(Cc1cccc(Cl)c1F)c1ccccc1Br. The first-order valence-electron chi connectivity index (χ1n) is 7.04. The van der Waals surface area contributed by atoms with Gasteiger partial charge >= 0.3 is 0 Å². The van der Waals surface area contributed by atoms with Crippen LogP contribution in [0.15, 0.2) is 46.9 Å². The van der Waals surface area contributed by atoms with Crippen LogP contribution in [0.5, 0.6) is 0 Å². The Morgan fingerprint density at radius 2 is 1.95 bits per heavy atom. The summed E-state index contributed by atoms with van der Waals surface area (Å²) in [6.45, 7) is 3.00. The van der Waals surface area contributed by atoms with Crippen molar-refractivity contribution in [3.05, 3.63) is 68.9 Å². The molecule has 0 fully saturated rings. The quantitative estimate of drug-likeness (QED) is 0.705. The van der Waals surface area contributed by atoms with Gasteiger partial charge in [-0.3, -0.25) is 0 Å². The van der Waals surface area contributed by atoms with E-state index in [2.05, 4.69) is 34.2 Å². The van der Waals surface area contributed by atoms with Crippen LogP contribution in [0.4, 0.5) is 4.39 Å². The Labute approximate surface area is 138 Å². The van der Waals surface area contributed by atoms with Crippen LogP contribution in [0.2, 0.25) is 5.02 Å². The van der Waals surface area contributed by atoms with Crippen molar-refractivity contribution in [2.24, 2.45) is 0 Å². The lowest BCUT2D eigenvalue weighted by molar-refractivity contribution is 0.512. The van der Waals surface area contributed by atoms with Gasteiger partial charge in [-0.1, -0.05) is 64.8 Å². The molecule has 0 aliphatic carbocycles. The van der Waals surface area contributed by atoms with E-state index < -0.39 is 0 Å². The van der Waals surface area contributed by atoms with Crippen molar-refractivity contribution >= 4 is 27.5 Å². The highest BCUT2D eigenvalue weighted by Gasteiger charge is 2.17. The lowest BCUT2D eigenvalue weighted by atomic mass is 9.98. The number of benzene rings is 2. The summed E-state index contributed by atoms with van der Waals surface area (Å²) >= 11 is 9.45. The van der Waals surface area contributed by atoms with Gasteiger partial charge in [0.2, 0.25) is 0 Å². The predicted molar refractivity (Wildman–Crippen MR) is 90.3 cm³/mol. The average molecular weight is 371 g/mol. The van der Waals surface area contributed by atoms with Crippen LogP contribution in [0.1, 0.15) is 30.5 Å². The summed E-state index contributed by atoms with van der Waals surface area (Å²) in [6.07, 6.45) is 1.59. The highest BCUT2D eigenvalue weighted by Crippen LogP contribution is 2.28. The Kier molecular flexibility index (Phi) is 6.22. The van der Waals surface area contributed by atoms with E-state index in [1.165, 1.54) is 0 Å². The molecule has 0 radical (unpaired) electrons. The van der Waals surface area contributed by atoms with E-state index >= 15 is 0 Å². The van der Waals surface area contributed by atoms with Crippen molar-refractivity contribution in [3.8, 4) is 0 Å². The number of hydrogen-bond donors (Lipinski definition) is 1. The van der Waals surface area contributed by atoms with Crippen molar-refractivity contribution in [2.45, 2.75) is 25.8 Å². The lowest BCUT2D eigenvalue weighted by Gasteiger charge is -2.21. The fourth-order valence-corrected chi connectivity index (χ4v) is 3.05. The highest BCUT2D eigenvalue weighted by molar-refractivity contribution is 9.10. The molecule has 0 saturated carbocycles. The molecule has 0 aliphatic rings. The maximum Gasteiger partial charge on any atom is 0.145 e. The molecule has 0 saturated heterocycles. The number of hydrogen-bond acceptors (Lipinski definition) is 1. The van der Waals surface area contributed by atoms with Gasteiger partial charge in [0, 0.05) is 10.5 Å². The minimum atomic E-state index is -0.325. The average Bonchev–Trinajstić information content (AvgIpc) is 2.48. The predicted octanol–water partition coefficient (Wildman–Crippen LogP) is 5.53. The molecule has 1 unspecified atom stereocenters. The lowest BCUT2D eigenvalue weighted by Crippen LogP contribution is -2.24. The third-order valence-corrected chi connectivity index (χ3v) is 4.39. The van der Waals surface area contributed by atoms with Crippen LogP contribution in [-0.2, 0) is 6.42 Å². The summed E-state index contributed by atoms with van der Waals surface area (Å²) in [6, 6.07) is 13.2. The van der Waals surface area contributed by atoms with Crippen molar-refractivity contribution < 1.29 is 4.39 Å². The second-order valence-electron chi connectivity index (χ2n) is 4.95. The Bertz CT molecular complexity index is 603. The van der Waals surface area contributed by atoms with Crippen LogP contribution in [0.3, 0.4) is 0 Å². The van der Waals surface area contributed by atoms with Crippen molar-refractivity contribution in [1.29, 1.82) is 0 Å². The molecule has 112 valence electrons. The zero-order valence-electron chi connectivity index (χ0n) is 11.9. The van der Waals surface area contributed by atoms with E-state index in [0.29, 0.717) is 12.0 Å². The molecule has 4 heteroatoms. The summed E-state index contributed by atoms with van der Waals surface area (Å²) in [5, 5.41) is 3.66. The maximum atomic E-state index is 14.1. The molecule has 0 amide bonds. The van der Waals surface area contributed by atoms with Gasteiger partial charge in [-0.25, -0.2) is 4.39 Å². The van der Waals surface area contributed by atoms with Gasteiger partial charge in [-0.05, 0) is 42.6 Å². The molecule has 0 spiro atoms. The smallest absolute Gasteiger partial charge is 0.145 e. The van der Waals surface area contributed by atoms with Crippen LogP contribution in [-0.4, -0.2) is 6.54 Å². The normalized spacial score (nSPS) is 12.4. The highest BCUT2D eigenvalue weighted by atomic mass is 79.9. The third-order valence-electron chi connectivity index (χ3n) is 3.38. The van der Waals surface area contributed by atoms with Crippen molar-refractivity contribution in [3.63, 3.8) is 0 Å². The van der Waals surface area contributed by atoms with E-state index in [4.69, 9.17) is 11.6 Å². The zero-order valence-corrected chi connectivity index (χ0v) is 14.2. The van der Waals surface area contributed by atoms with Gasteiger partial charge in [-0.15, -0.1) is 0 Å². The second kappa shape index (κ2) is 7.92. The van der Waals surface area contributed by atoms with Gasteiger partial charge in [-0.2, -0.15) is 0 Å². The molecule has 0 aliphatic heterocycles. The second-order valence-corrected chi connectivity index (χ2v) is 6.21. The Morgan fingerprint density at radius 3 is 2.67 bits per heavy atom. The van der Waals surface area contributed by atoms with Crippen LogP contribution in [0.25, 0.3) is 0 Å². The van der Waals surface area contributed by atoms with E-state index in [0.717, 1.165) is 23.0 Å². The molecule has 0 heterocycles. The maximum absolute atomic E-state index is 14.1. The molecule has 2 rings (SSSR count). The van der Waals surface area contributed by atoms with Crippen LogP contribution >= 0.6 is 27.5 Å². The van der Waals surface area contributed by atoms with Gasteiger partial charge in [0.25, 0.3) is 0 Å². The first-order valence-corrected chi connectivity index (χ1v) is 8.21. The minimum absolute atomic E-state index is 0.0495. The Morgan fingerprint density at radius 1 is 1.19 bits per heavy atom. The van der Waals surface area contributed by atoms with Gasteiger partial charge in [0.1, 0.15) is 5.82 Å². The van der Waals surface area contributed by atoms with Crippen LogP contribution < -0.4 is 5.32 Å². The standard InChI is InChI=1S/C17H18BrClFN/c1-2-10-21-16(13-7-3-4-8-14(13)18)11-12-6-5-9-15(19)17(12)20/h3-9,16,21H,2,10-11H2,1H3.